The van der Waals surface area contributed by atoms with Crippen molar-refractivity contribution in [1.82, 2.24) is 0 Å². The molecule has 0 aliphatic carbocycles. The summed E-state index contributed by atoms with van der Waals surface area (Å²) in [4.78, 5) is 12.5. The van der Waals surface area contributed by atoms with Gasteiger partial charge in [0, 0.05) is 17.0 Å². The van der Waals surface area contributed by atoms with Crippen molar-refractivity contribution in [3.63, 3.8) is 0 Å². The molecule has 0 N–H and O–H groups in total. The largest absolute Gasteiger partial charge is 0.494 e. The topological polar surface area (TPSA) is 57.9 Å². The molecule has 0 radical (unpaired) electrons. The molecule has 2 heterocycles. The molecule has 5 heteroatoms. The molecule has 0 fully saturated rings. The summed E-state index contributed by atoms with van der Waals surface area (Å²) in [5.41, 5.74) is 1.15. The van der Waals surface area contributed by atoms with Crippen LogP contribution in [0, 0.1) is 0 Å². The molecule has 1 aliphatic heterocycles. The highest BCUT2D eigenvalue weighted by atomic mass is 16.7. The average Bonchev–Trinajstić information content (AvgIpc) is 3.18. The Kier molecular flexibility index (Phi) is 3.19. The molecule has 0 unspecified atom stereocenters. The van der Waals surface area contributed by atoms with E-state index in [0.717, 1.165) is 11.1 Å². The summed E-state index contributed by atoms with van der Waals surface area (Å²) < 4.78 is 21.7. The Bertz CT molecular complexity index is 835. The van der Waals surface area contributed by atoms with E-state index in [2.05, 4.69) is 0 Å². The van der Waals surface area contributed by atoms with Crippen molar-refractivity contribution in [3.05, 3.63) is 53.8 Å². The molecule has 0 spiro atoms. The number of furan rings is 1. The lowest BCUT2D eigenvalue weighted by molar-refractivity contribution is 0.101. The molecular weight excluding hydrogens is 296 g/mol. The highest BCUT2D eigenvalue weighted by Gasteiger charge is 2.19. The number of carbonyl (C=O) groups excluding carboxylic acids is 1. The molecule has 0 saturated heterocycles. The maximum atomic E-state index is 12.5. The maximum Gasteiger partial charge on any atom is 0.231 e. The minimum absolute atomic E-state index is 0.175. The molecule has 23 heavy (non-hydrogen) atoms. The maximum absolute atomic E-state index is 12.5. The highest BCUT2D eigenvalue weighted by Crippen LogP contribution is 2.37. The van der Waals surface area contributed by atoms with Crippen LogP contribution in [-0.4, -0.2) is 19.2 Å². The van der Waals surface area contributed by atoms with Crippen molar-refractivity contribution in [2.45, 2.75) is 6.92 Å². The highest BCUT2D eigenvalue weighted by molar-refractivity contribution is 6.09. The third-order valence-electron chi connectivity index (χ3n) is 3.66. The number of ketones is 1. The van der Waals surface area contributed by atoms with Crippen molar-refractivity contribution in [2.24, 2.45) is 0 Å². The smallest absolute Gasteiger partial charge is 0.231 e. The monoisotopic (exact) mass is 310 g/mol. The zero-order valence-electron chi connectivity index (χ0n) is 12.5. The van der Waals surface area contributed by atoms with E-state index in [1.165, 1.54) is 0 Å². The predicted molar refractivity (Wildman–Crippen MR) is 83.4 cm³/mol. The summed E-state index contributed by atoms with van der Waals surface area (Å²) in [5, 5.41) is 0.809. The first-order valence-electron chi connectivity index (χ1n) is 7.35. The normalized spacial score (nSPS) is 12.6. The van der Waals surface area contributed by atoms with Crippen molar-refractivity contribution in [3.8, 4) is 17.2 Å². The third-order valence-corrected chi connectivity index (χ3v) is 3.66. The first-order chi connectivity index (χ1) is 11.2. The first-order valence-corrected chi connectivity index (χ1v) is 7.35. The van der Waals surface area contributed by atoms with E-state index in [0.29, 0.717) is 29.3 Å². The van der Waals surface area contributed by atoms with Gasteiger partial charge in [-0.3, -0.25) is 4.79 Å². The predicted octanol–water partition coefficient (Wildman–Crippen LogP) is 3.79. The molecule has 0 saturated carbocycles. The minimum Gasteiger partial charge on any atom is -0.494 e. The standard InChI is InChI=1S/C18H14O5/c1-2-20-13-5-3-11(4-6-13)18(19)17-8-12-7-15-16(22-10-21-15)9-14(12)23-17/h3-9H,2,10H2,1H3. The minimum atomic E-state index is -0.175. The van der Waals surface area contributed by atoms with E-state index in [1.54, 1.807) is 36.4 Å². The number of benzene rings is 2. The van der Waals surface area contributed by atoms with Crippen molar-refractivity contribution in [2.75, 3.05) is 13.4 Å². The SMILES string of the molecule is CCOc1ccc(C(=O)c2cc3cc4c(cc3o2)OCO4)cc1. The summed E-state index contributed by atoms with van der Waals surface area (Å²) in [7, 11) is 0. The number of hydrogen-bond donors (Lipinski definition) is 0. The quantitative estimate of drug-likeness (QED) is 0.686. The van der Waals surface area contributed by atoms with Gasteiger partial charge in [-0.25, -0.2) is 0 Å². The number of rotatable bonds is 4. The lowest BCUT2D eigenvalue weighted by Gasteiger charge is -2.03. The summed E-state index contributed by atoms with van der Waals surface area (Å²) in [6, 6.07) is 12.3. The molecule has 2 aromatic carbocycles. The van der Waals surface area contributed by atoms with Crippen LogP contribution in [0.25, 0.3) is 11.0 Å². The first kappa shape index (κ1) is 13.7. The van der Waals surface area contributed by atoms with Crippen LogP contribution in [0.2, 0.25) is 0 Å². The van der Waals surface area contributed by atoms with Gasteiger partial charge >= 0.3 is 0 Å². The molecule has 3 aromatic rings. The van der Waals surface area contributed by atoms with E-state index in [4.69, 9.17) is 18.6 Å². The molecule has 0 bridgehead atoms. The van der Waals surface area contributed by atoms with E-state index in [-0.39, 0.29) is 18.3 Å². The van der Waals surface area contributed by atoms with Crippen LogP contribution in [0.3, 0.4) is 0 Å². The number of carbonyl (C=O) groups is 1. The number of fused-ring (bicyclic) bond motifs is 2. The zero-order chi connectivity index (χ0) is 15.8. The Morgan fingerprint density at radius 2 is 1.83 bits per heavy atom. The Morgan fingerprint density at radius 3 is 2.57 bits per heavy atom. The average molecular weight is 310 g/mol. The molecule has 116 valence electrons. The second-order valence-corrected chi connectivity index (χ2v) is 5.14. The van der Waals surface area contributed by atoms with E-state index in [1.807, 2.05) is 13.0 Å². The van der Waals surface area contributed by atoms with Gasteiger partial charge in [-0.1, -0.05) is 0 Å². The Morgan fingerprint density at radius 1 is 1.09 bits per heavy atom. The fraction of sp³-hybridized carbons (Fsp3) is 0.167. The van der Waals surface area contributed by atoms with Crippen molar-refractivity contribution in [1.29, 1.82) is 0 Å². The zero-order valence-corrected chi connectivity index (χ0v) is 12.5. The van der Waals surface area contributed by atoms with Gasteiger partial charge in [-0.15, -0.1) is 0 Å². The lowest BCUT2D eigenvalue weighted by atomic mass is 10.1. The molecule has 0 amide bonds. The van der Waals surface area contributed by atoms with Crippen LogP contribution in [0.15, 0.2) is 46.9 Å². The summed E-state index contributed by atoms with van der Waals surface area (Å²) in [5.74, 6) is 2.14. The van der Waals surface area contributed by atoms with Crippen LogP contribution in [0.5, 0.6) is 17.2 Å². The van der Waals surface area contributed by atoms with Crippen molar-refractivity contribution >= 4 is 16.8 Å². The van der Waals surface area contributed by atoms with Crippen molar-refractivity contribution < 1.29 is 23.4 Å². The fourth-order valence-electron chi connectivity index (χ4n) is 2.55. The molecule has 1 aromatic heterocycles. The Labute approximate surface area is 132 Å². The van der Waals surface area contributed by atoms with Gasteiger partial charge in [0.05, 0.1) is 6.61 Å². The summed E-state index contributed by atoms with van der Waals surface area (Å²) >= 11 is 0. The van der Waals surface area contributed by atoms with Crippen LogP contribution in [0.4, 0.5) is 0 Å². The molecular formula is C18H14O5. The van der Waals surface area contributed by atoms with Crippen LogP contribution >= 0.6 is 0 Å². The Balaban J connectivity index is 1.66. The van der Waals surface area contributed by atoms with Gasteiger partial charge in [0.1, 0.15) is 11.3 Å². The molecule has 5 nitrogen and oxygen atoms in total. The molecule has 1 aliphatic rings. The van der Waals surface area contributed by atoms with Gasteiger partial charge in [0.15, 0.2) is 17.3 Å². The molecule has 0 atom stereocenters. The molecule has 4 rings (SSSR count). The number of hydrogen-bond acceptors (Lipinski definition) is 5. The summed E-state index contributed by atoms with van der Waals surface area (Å²) in [6.07, 6.45) is 0. The van der Waals surface area contributed by atoms with Crippen LogP contribution in [0.1, 0.15) is 23.0 Å². The fourth-order valence-corrected chi connectivity index (χ4v) is 2.55. The van der Waals surface area contributed by atoms with Gasteiger partial charge in [0.25, 0.3) is 0 Å². The summed E-state index contributed by atoms with van der Waals surface area (Å²) in [6.45, 7) is 2.71. The second-order valence-electron chi connectivity index (χ2n) is 5.14. The van der Waals surface area contributed by atoms with E-state index in [9.17, 15) is 4.79 Å². The van der Waals surface area contributed by atoms with Gasteiger partial charge in [-0.05, 0) is 43.3 Å². The van der Waals surface area contributed by atoms with Gasteiger partial charge in [0.2, 0.25) is 12.6 Å². The van der Waals surface area contributed by atoms with Gasteiger partial charge in [-0.2, -0.15) is 0 Å². The second kappa shape index (κ2) is 5.35. The van der Waals surface area contributed by atoms with E-state index < -0.39 is 0 Å². The number of ether oxygens (including phenoxy) is 3. The van der Waals surface area contributed by atoms with Gasteiger partial charge < -0.3 is 18.6 Å². The van der Waals surface area contributed by atoms with Crippen LogP contribution in [-0.2, 0) is 0 Å². The lowest BCUT2D eigenvalue weighted by Crippen LogP contribution is -1.99. The van der Waals surface area contributed by atoms with E-state index >= 15 is 0 Å². The Hall–Kier alpha value is -2.95. The third kappa shape index (κ3) is 2.40. The van der Waals surface area contributed by atoms with Crippen LogP contribution < -0.4 is 14.2 Å².